The van der Waals surface area contributed by atoms with E-state index in [9.17, 15) is 9.59 Å². The topological polar surface area (TPSA) is 59.1 Å². The second kappa shape index (κ2) is 9.11. The van der Waals surface area contributed by atoms with E-state index in [1.165, 1.54) is 0 Å². The molecule has 0 radical (unpaired) electrons. The minimum atomic E-state index is 0.100. The molecule has 0 N–H and O–H groups in total. The van der Waals surface area contributed by atoms with Crippen LogP contribution in [0.15, 0.2) is 18.2 Å². The molecular weight excluding hydrogens is 344 g/mol. The highest BCUT2D eigenvalue weighted by atomic mass is 16.6. The van der Waals surface area contributed by atoms with Gasteiger partial charge in [0.05, 0.1) is 6.42 Å². The van der Waals surface area contributed by atoms with E-state index in [-0.39, 0.29) is 17.7 Å². The molecule has 3 rings (SSSR count). The molecule has 148 valence electrons. The fraction of sp³-hybridized carbons (Fsp3) is 0.619. The summed E-state index contributed by atoms with van der Waals surface area (Å²) in [7, 11) is 0. The summed E-state index contributed by atoms with van der Waals surface area (Å²) >= 11 is 0. The Balaban J connectivity index is 1.57. The number of carbonyl (C=O) groups excluding carboxylic acids is 2. The van der Waals surface area contributed by atoms with Crippen molar-refractivity contribution in [3.63, 3.8) is 0 Å². The van der Waals surface area contributed by atoms with Crippen molar-refractivity contribution in [2.75, 3.05) is 39.4 Å². The van der Waals surface area contributed by atoms with Crippen LogP contribution < -0.4 is 9.47 Å². The van der Waals surface area contributed by atoms with Crippen molar-refractivity contribution in [2.24, 2.45) is 5.92 Å². The molecule has 0 unspecified atom stereocenters. The minimum absolute atomic E-state index is 0.100. The number of hydrogen-bond acceptors (Lipinski definition) is 4. The normalized spacial score (nSPS) is 17.0. The van der Waals surface area contributed by atoms with Gasteiger partial charge in [-0.25, -0.2) is 0 Å². The average molecular weight is 374 g/mol. The SMILES string of the molecule is CCC(CC)C(=O)N1CCCN(C(=O)Cc2ccc3c(c2)OCCO3)CC1. The summed E-state index contributed by atoms with van der Waals surface area (Å²) in [4.78, 5) is 29.2. The Kier molecular flexibility index (Phi) is 6.58. The Morgan fingerprint density at radius 2 is 1.63 bits per heavy atom. The highest BCUT2D eigenvalue weighted by Crippen LogP contribution is 2.31. The maximum Gasteiger partial charge on any atom is 0.227 e. The van der Waals surface area contributed by atoms with Crippen molar-refractivity contribution in [3.05, 3.63) is 23.8 Å². The van der Waals surface area contributed by atoms with E-state index in [2.05, 4.69) is 13.8 Å². The van der Waals surface area contributed by atoms with Crippen LogP contribution in [-0.4, -0.2) is 61.0 Å². The van der Waals surface area contributed by atoms with Gasteiger partial charge in [-0.2, -0.15) is 0 Å². The first kappa shape index (κ1) is 19.5. The fourth-order valence-corrected chi connectivity index (χ4v) is 3.77. The monoisotopic (exact) mass is 374 g/mol. The van der Waals surface area contributed by atoms with E-state index in [1.54, 1.807) is 0 Å². The number of ether oxygens (including phenoxy) is 2. The second-order valence-corrected chi connectivity index (χ2v) is 7.23. The van der Waals surface area contributed by atoms with Crippen LogP contribution in [0.5, 0.6) is 11.5 Å². The van der Waals surface area contributed by atoms with Crippen LogP contribution in [0.3, 0.4) is 0 Å². The number of hydrogen-bond donors (Lipinski definition) is 0. The molecule has 6 nitrogen and oxygen atoms in total. The molecule has 1 saturated heterocycles. The summed E-state index contributed by atoms with van der Waals surface area (Å²) in [5, 5.41) is 0. The van der Waals surface area contributed by atoms with E-state index < -0.39 is 0 Å². The molecule has 2 amide bonds. The lowest BCUT2D eigenvalue weighted by Crippen LogP contribution is -2.40. The van der Waals surface area contributed by atoms with E-state index in [0.717, 1.165) is 37.1 Å². The van der Waals surface area contributed by atoms with Crippen LogP contribution in [0, 0.1) is 5.92 Å². The Morgan fingerprint density at radius 1 is 0.963 bits per heavy atom. The molecule has 0 aliphatic carbocycles. The first-order valence-corrected chi connectivity index (χ1v) is 10.1. The molecule has 2 aliphatic heterocycles. The zero-order valence-electron chi connectivity index (χ0n) is 16.4. The Bertz CT molecular complexity index is 672. The highest BCUT2D eigenvalue weighted by molar-refractivity contribution is 5.80. The van der Waals surface area contributed by atoms with Gasteiger partial charge < -0.3 is 19.3 Å². The van der Waals surface area contributed by atoms with E-state index in [4.69, 9.17) is 9.47 Å². The molecule has 0 bridgehead atoms. The van der Waals surface area contributed by atoms with Crippen molar-refractivity contribution in [1.82, 2.24) is 9.80 Å². The third kappa shape index (κ3) is 4.73. The van der Waals surface area contributed by atoms with Gasteiger partial charge in [-0.1, -0.05) is 19.9 Å². The molecule has 27 heavy (non-hydrogen) atoms. The lowest BCUT2D eigenvalue weighted by atomic mass is 10.0. The molecule has 0 spiro atoms. The van der Waals surface area contributed by atoms with Crippen molar-refractivity contribution < 1.29 is 19.1 Å². The molecular formula is C21H30N2O4. The minimum Gasteiger partial charge on any atom is -0.486 e. The Morgan fingerprint density at radius 3 is 2.37 bits per heavy atom. The number of benzene rings is 1. The lowest BCUT2D eigenvalue weighted by Gasteiger charge is -2.25. The first-order chi connectivity index (χ1) is 13.1. The number of nitrogens with zero attached hydrogens (tertiary/aromatic N) is 2. The van der Waals surface area contributed by atoms with Gasteiger partial charge in [-0.15, -0.1) is 0 Å². The molecule has 2 aliphatic rings. The fourth-order valence-electron chi connectivity index (χ4n) is 3.77. The van der Waals surface area contributed by atoms with Gasteiger partial charge in [0.1, 0.15) is 13.2 Å². The lowest BCUT2D eigenvalue weighted by molar-refractivity contribution is -0.136. The maximum absolute atomic E-state index is 12.8. The zero-order valence-corrected chi connectivity index (χ0v) is 16.4. The number of carbonyl (C=O) groups is 2. The van der Waals surface area contributed by atoms with Gasteiger partial charge in [0.25, 0.3) is 0 Å². The predicted molar refractivity (Wildman–Crippen MR) is 103 cm³/mol. The van der Waals surface area contributed by atoms with E-state index in [1.807, 2.05) is 28.0 Å². The number of amides is 2. The van der Waals surface area contributed by atoms with Gasteiger partial charge in [0, 0.05) is 32.1 Å². The Hall–Kier alpha value is -2.24. The van der Waals surface area contributed by atoms with Gasteiger partial charge in [0.15, 0.2) is 11.5 Å². The van der Waals surface area contributed by atoms with Crippen LogP contribution >= 0.6 is 0 Å². The largest absolute Gasteiger partial charge is 0.486 e. The summed E-state index contributed by atoms with van der Waals surface area (Å²) < 4.78 is 11.1. The van der Waals surface area contributed by atoms with Gasteiger partial charge >= 0.3 is 0 Å². The molecule has 2 heterocycles. The molecule has 1 aromatic rings. The molecule has 0 atom stereocenters. The summed E-state index contributed by atoms with van der Waals surface area (Å²) in [6.45, 7) is 7.90. The summed E-state index contributed by atoms with van der Waals surface area (Å²) in [5.41, 5.74) is 0.929. The molecule has 0 aromatic heterocycles. The third-order valence-electron chi connectivity index (χ3n) is 5.46. The molecule has 0 saturated carbocycles. The van der Waals surface area contributed by atoms with Crippen LogP contribution in [0.2, 0.25) is 0 Å². The first-order valence-electron chi connectivity index (χ1n) is 10.1. The summed E-state index contributed by atoms with van der Waals surface area (Å²) in [6.07, 6.45) is 2.92. The third-order valence-corrected chi connectivity index (χ3v) is 5.46. The van der Waals surface area contributed by atoms with Crippen LogP contribution in [0.1, 0.15) is 38.7 Å². The summed E-state index contributed by atoms with van der Waals surface area (Å²) in [6, 6.07) is 5.69. The van der Waals surface area contributed by atoms with Gasteiger partial charge in [-0.3, -0.25) is 9.59 Å². The van der Waals surface area contributed by atoms with E-state index >= 15 is 0 Å². The van der Waals surface area contributed by atoms with E-state index in [0.29, 0.717) is 45.0 Å². The number of rotatable bonds is 5. The standard InChI is InChI=1S/C21H30N2O4/c1-3-17(4-2)21(25)23-9-5-8-22(10-11-23)20(24)15-16-6-7-18-19(14-16)27-13-12-26-18/h6-7,14,17H,3-5,8-13,15H2,1-2H3. The van der Waals surface area contributed by atoms with Crippen molar-refractivity contribution in [2.45, 2.75) is 39.5 Å². The zero-order chi connectivity index (χ0) is 19.2. The average Bonchev–Trinajstić information content (AvgIpc) is 2.95. The van der Waals surface area contributed by atoms with Crippen molar-refractivity contribution in [3.8, 4) is 11.5 Å². The summed E-state index contributed by atoms with van der Waals surface area (Å²) in [5.74, 6) is 1.89. The van der Waals surface area contributed by atoms with Crippen LogP contribution in [0.4, 0.5) is 0 Å². The van der Waals surface area contributed by atoms with Crippen LogP contribution in [0.25, 0.3) is 0 Å². The predicted octanol–water partition coefficient (Wildman–Crippen LogP) is 2.50. The molecule has 1 fully saturated rings. The quantitative estimate of drug-likeness (QED) is 0.795. The van der Waals surface area contributed by atoms with Gasteiger partial charge in [0.2, 0.25) is 11.8 Å². The highest BCUT2D eigenvalue weighted by Gasteiger charge is 2.25. The van der Waals surface area contributed by atoms with Crippen molar-refractivity contribution >= 4 is 11.8 Å². The Labute approximate surface area is 161 Å². The van der Waals surface area contributed by atoms with Crippen molar-refractivity contribution in [1.29, 1.82) is 0 Å². The van der Waals surface area contributed by atoms with Gasteiger partial charge in [-0.05, 0) is 37.0 Å². The number of fused-ring (bicyclic) bond motifs is 1. The van der Waals surface area contributed by atoms with Crippen LogP contribution in [-0.2, 0) is 16.0 Å². The molecule has 6 heteroatoms. The molecule has 1 aromatic carbocycles. The smallest absolute Gasteiger partial charge is 0.227 e. The maximum atomic E-state index is 12.8. The second-order valence-electron chi connectivity index (χ2n) is 7.23.